The van der Waals surface area contributed by atoms with Gasteiger partial charge in [-0.2, -0.15) is 4.39 Å². The van der Waals surface area contributed by atoms with E-state index < -0.39 is 22.2 Å². The van der Waals surface area contributed by atoms with Crippen molar-refractivity contribution < 1.29 is 18.4 Å². The number of benzene rings is 2. The minimum Gasteiger partial charge on any atom is -0.489 e. The zero-order valence-electron chi connectivity index (χ0n) is 9.98. The van der Waals surface area contributed by atoms with Gasteiger partial charge in [-0.25, -0.2) is 4.39 Å². The predicted octanol–water partition coefficient (Wildman–Crippen LogP) is 4.21. The zero-order chi connectivity index (χ0) is 14.7. The molecule has 0 aliphatic rings. The lowest BCUT2D eigenvalue weighted by molar-refractivity contribution is -0.387. The normalized spacial score (nSPS) is 10.3. The molecule has 20 heavy (non-hydrogen) atoms. The number of hydrogen-bond donors (Lipinski definition) is 0. The average Bonchev–Trinajstić information content (AvgIpc) is 2.40. The quantitative estimate of drug-likeness (QED) is 0.617. The Morgan fingerprint density at radius 3 is 2.60 bits per heavy atom. The number of rotatable bonds is 4. The fraction of sp³-hybridized carbons (Fsp3) is 0.0769. The van der Waals surface area contributed by atoms with Crippen molar-refractivity contribution in [2.24, 2.45) is 0 Å². The van der Waals surface area contributed by atoms with Crippen molar-refractivity contribution in [1.29, 1.82) is 0 Å². The third-order valence-electron chi connectivity index (χ3n) is 2.54. The molecule has 7 heteroatoms. The van der Waals surface area contributed by atoms with Crippen LogP contribution < -0.4 is 4.74 Å². The van der Waals surface area contributed by atoms with Crippen LogP contribution >= 0.6 is 15.9 Å². The lowest BCUT2D eigenvalue weighted by atomic mass is 10.2. The molecular formula is C13H8BrF2NO3. The van der Waals surface area contributed by atoms with E-state index in [-0.39, 0.29) is 16.8 Å². The lowest BCUT2D eigenvalue weighted by Crippen LogP contribution is -1.99. The van der Waals surface area contributed by atoms with E-state index in [1.165, 1.54) is 18.2 Å². The second-order valence-electron chi connectivity index (χ2n) is 3.87. The van der Waals surface area contributed by atoms with E-state index in [0.29, 0.717) is 5.56 Å². The number of nitro groups is 1. The Labute approximate surface area is 121 Å². The van der Waals surface area contributed by atoms with E-state index >= 15 is 0 Å². The Kier molecular flexibility index (Phi) is 4.29. The Hall–Kier alpha value is -2.02. The molecule has 0 aliphatic heterocycles. The summed E-state index contributed by atoms with van der Waals surface area (Å²) in [5.41, 5.74) is -0.0759. The van der Waals surface area contributed by atoms with Gasteiger partial charge in [-0.3, -0.25) is 10.1 Å². The van der Waals surface area contributed by atoms with Crippen LogP contribution in [0.3, 0.4) is 0 Å². The molecule has 2 aromatic rings. The van der Waals surface area contributed by atoms with E-state index in [1.807, 2.05) is 0 Å². The summed E-state index contributed by atoms with van der Waals surface area (Å²) in [7, 11) is 0. The summed E-state index contributed by atoms with van der Waals surface area (Å²) in [6.07, 6.45) is 0. The van der Waals surface area contributed by atoms with Crippen LogP contribution in [0.15, 0.2) is 40.9 Å². The van der Waals surface area contributed by atoms with Gasteiger partial charge in [-0.1, -0.05) is 12.1 Å². The number of nitrogens with zero attached hydrogens (tertiary/aromatic N) is 1. The van der Waals surface area contributed by atoms with E-state index in [4.69, 9.17) is 4.74 Å². The number of hydrogen-bond acceptors (Lipinski definition) is 3. The number of halogens is 3. The van der Waals surface area contributed by atoms with Crippen LogP contribution in [0.25, 0.3) is 0 Å². The molecule has 0 aliphatic carbocycles. The van der Waals surface area contributed by atoms with Crippen molar-refractivity contribution in [3.63, 3.8) is 0 Å². The van der Waals surface area contributed by atoms with Gasteiger partial charge >= 0.3 is 5.69 Å². The summed E-state index contributed by atoms with van der Waals surface area (Å²) >= 11 is 3.08. The summed E-state index contributed by atoms with van der Waals surface area (Å²) in [6, 6.07) is 7.69. The van der Waals surface area contributed by atoms with Gasteiger partial charge in [0.25, 0.3) is 0 Å². The molecule has 0 saturated carbocycles. The van der Waals surface area contributed by atoms with Crippen LogP contribution in [-0.4, -0.2) is 4.92 Å². The largest absolute Gasteiger partial charge is 0.489 e. The highest BCUT2D eigenvalue weighted by Gasteiger charge is 2.14. The predicted molar refractivity (Wildman–Crippen MR) is 71.5 cm³/mol. The molecule has 2 aromatic carbocycles. The second-order valence-corrected chi connectivity index (χ2v) is 4.66. The maximum atomic E-state index is 13.4. The maximum absolute atomic E-state index is 13.4. The maximum Gasteiger partial charge on any atom is 0.305 e. The summed E-state index contributed by atoms with van der Waals surface area (Å²) in [5.74, 6) is -1.28. The Bertz CT molecular complexity index is 664. The Morgan fingerprint density at radius 2 is 1.95 bits per heavy atom. The zero-order valence-corrected chi connectivity index (χ0v) is 11.6. The molecule has 4 nitrogen and oxygen atoms in total. The molecule has 0 radical (unpaired) electrons. The third kappa shape index (κ3) is 3.11. The van der Waals surface area contributed by atoms with Gasteiger partial charge in [0, 0.05) is 17.7 Å². The van der Waals surface area contributed by atoms with Gasteiger partial charge in [-0.15, -0.1) is 0 Å². The molecule has 0 saturated heterocycles. The summed E-state index contributed by atoms with van der Waals surface area (Å²) in [6.45, 7) is 0.00952. The summed E-state index contributed by atoms with van der Waals surface area (Å²) in [4.78, 5) is 9.65. The van der Waals surface area contributed by atoms with Crippen LogP contribution in [-0.2, 0) is 6.61 Å². The molecular weight excluding hydrogens is 336 g/mol. The third-order valence-corrected chi connectivity index (χ3v) is 3.43. The van der Waals surface area contributed by atoms with Crippen LogP contribution in [0.2, 0.25) is 0 Å². The fourth-order valence-electron chi connectivity index (χ4n) is 1.55. The smallest absolute Gasteiger partial charge is 0.305 e. The molecule has 0 heterocycles. The first kappa shape index (κ1) is 14.4. The lowest BCUT2D eigenvalue weighted by Gasteiger charge is -2.08. The molecule has 0 unspecified atom stereocenters. The first-order chi connectivity index (χ1) is 9.49. The van der Waals surface area contributed by atoms with Gasteiger partial charge in [0.05, 0.1) is 9.40 Å². The van der Waals surface area contributed by atoms with Crippen LogP contribution in [0.1, 0.15) is 5.56 Å². The highest BCUT2D eigenvalue weighted by molar-refractivity contribution is 9.10. The highest BCUT2D eigenvalue weighted by atomic mass is 79.9. The SMILES string of the molecule is O=[N+]([O-])c1ccc(OCc2cccc(F)c2Br)cc1F. The van der Waals surface area contributed by atoms with Gasteiger partial charge in [-0.05, 0) is 28.1 Å². The molecule has 0 atom stereocenters. The summed E-state index contributed by atoms with van der Waals surface area (Å²) in [5, 5.41) is 10.5. The van der Waals surface area contributed by atoms with Gasteiger partial charge in [0.15, 0.2) is 0 Å². The molecule has 0 fully saturated rings. The van der Waals surface area contributed by atoms with E-state index in [0.717, 1.165) is 12.1 Å². The number of ether oxygens (including phenoxy) is 1. The average molecular weight is 344 g/mol. The van der Waals surface area contributed by atoms with Crippen LogP contribution in [0.5, 0.6) is 5.75 Å². The molecule has 104 valence electrons. The van der Waals surface area contributed by atoms with Crippen molar-refractivity contribution in [3.05, 3.63) is 68.2 Å². The van der Waals surface area contributed by atoms with Gasteiger partial charge < -0.3 is 4.74 Å². The standard InChI is InChI=1S/C13H8BrF2NO3/c14-13-8(2-1-3-10(13)15)7-20-9-4-5-12(17(18)19)11(16)6-9/h1-6H,7H2. The number of nitro benzene ring substituents is 1. The van der Waals surface area contributed by atoms with Crippen molar-refractivity contribution in [3.8, 4) is 5.75 Å². The fourth-order valence-corrected chi connectivity index (χ4v) is 1.93. The van der Waals surface area contributed by atoms with Crippen LogP contribution in [0.4, 0.5) is 14.5 Å². The first-order valence-electron chi connectivity index (χ1n) is 5.48. The Balaban J connectivity index is 2.13. The molecule has 0 aromatic heterocycles. The highest BCUT2D eigenvalue weighted by Crippen LogP contribution is 2.25. The van der Waals surface area contributed by atoms with Crippen molar-refractivity contribution in [1.82, 2.24) is 0 Å². The molecule has 2 rings (SSSR count). The van der Waals surface area contributed by atoms with Crippen molar-refractivity contribution >= 4 is 21.6 Å². The topological polar surface area (TPSA) is 52.4 Å². The van der Waals surface area contributed by atoms with Gasteiger partial charge in [0.1, 0.15) is 18.2 Å². The van der Waals surface area contributed by atoms with Crippen molar-refractivity contribution in [2.45, 2.75) is 6.61 Å². The molecule has 0 spiro atoms. The Morgan fingerprint density at radius 1 is 1.20 bits per heavy atom. The monoisotopic (exact) mass is 343 g/mol. The van der Waals surface area contributed by atoms with Gasteiger partial charge in [0.2, 0.25) is 5.82 Å². The second kappa shape index (κ2) is 5.96. The summed E-state index contributed by atoms with van der Waals surface area (Å²) < 4.78 is 32.2. The van der Waals surface area contributed by atoms with E-state index in [2.05, 4.69) is 15.9 Å². The molecule has 0 amide bonds. The van der Waals surface area contributed by atoms with E-state index in [1.54, 1.807) is 6.07 Å². The first-order valence-corrected chi connectivity index (χ1v) is 6.28. The van der Waals surface area contributed by atoms with E-state index in [9.17, 15) is 18.9 Å². The van der Waals surface area contributed by atoms with Crippen molar-refractivity contribution in [2.75, 3.05) is 0 Å². The molecule has 0 bridgehead atoms. The minimum atomic E-state index is -0.981. The molecule has 0 N–H and O–H groups in total. The van der Waals surface area contributed by atoms with Crippen LogP contribution in [0, 0.1) is 21.7 Å². The minimum absolute atomic E-state index is 0.00952.